The van der Waals surface area contributed by atoms with Gasteiger partial charge in [-0.1, -0.05) is 18.2 Å². The van der Waals surface area contributed by atoms with Crippen molar-refractivity contribution in [2.75, 3.05) is 6.26 Å². The van der Waals surface area contributed by atoms with Crippen LogP contribution in [0.25, 0.3) is 0 Å². The fraction of sp³-hybridized carbons (Fsp3) is 0.125. The third kappa shape index (κ3) is 1.61. The summed E-state index contributed by atoms with van der Waals surface area (Å²) in [5.74, 6) is 0. The van der Waals surface area contributed by atoms with Crippen LogP contribution in [-0.2, 0) is 0 Å². The lowest BCUT2D eigenvalue weighted by Gasteiger charge is -1.86. The molecule has 1 aromatic rings. The van der Waals surface area contributed by atoms with E-state index in [-0.39, 0.29) is 0 Å². The Balaban J connectivity index is 3.28. The summed E-state index contributed by atoms with van der Waals surface area (Å²) in [5.41, 5.74) is 0. The zero-order valence-corrected chi connectivity index (χ0v) is 6.61. The minimum atomic E-state index is 0.595. The van der Waals surface area contributed by atoms with Crippen molar-refractivity contribution in [3.63, 3.8) is 0 Å². The molecule has 0 saturated carbocycles. The summed E-state index contributed by atoms with van der Waals surface area (Å²) in [6.07, 6.45) is 1.98. The number of nitrogens with one attached hydrogen (secondary N) is 1. The topological polar surface area (TPSA) is 23.9 Å². The van der Waals surface area contributed by atoms with E-state index >= 15 is 0 Å². The molecule has 2 heteroatoms. The van der Waals surface area contributed by atoms with Gasteiger partial charge in [-0.15, -0.1) is 11.8 Å². The van der Waals surface area contributed by atoms with Crippen molar-refractivity contribution in [3.05, 3.63) is 35.7 Å². The van der Waals surface area contributed by atoms with Crippen LogP contribution in [0, 0.1) is 5.41 Å². The SMILES string of the molecule is CSc1cccccc1=N. The lowest BCUT2D eigenvalue weighted by molar-refractivity contribution is 1.19. The zero-order valence-electron chi connectivity index (χ0n) is 5.79. The molecule has 0 amide bonds. The summed E-state index contributed by atoms with van der Waals surface area (Å²) in [7, 11) is 0. The van der Waals surface area contributed by atoms with Crippen molar-refractivity contribution in [1.82, 2.24) is 0 Å². The monoisotopic (exact) mass is 151 g/mol. The average Bonchev–Trinajstić information content (AvgIpc) is 2.13. The number of rotatable bonds is 1. The quantitative estimate of drug-likeness (QED) is 0.609. The molecular formula is C8H9NS. The third-order valence-corrected chi connectivity index (χ3v) is 2.01. The minimum Gasteiger partial charge on any atom is -0.300 e. The molecule has 0 spiro atoms. The Morgan fingerprint density at radius 3 is 2.60 bits per heavy atom. The predicted octanol–water partition coefficient (Wildman–Crippen LogP) is 1.89. The minimum absolute atomic E-state index is 0.595. The highest BCUT2D eigenvalue weighted by atomic mass is 32.2. The van der Waals surface area contributed by atoms with Gasteiger partial charge >= 0.3 is 0 Å². The van der Waals surface area contributed by atoms with Gasteiger partial charge in [-0.05, 0) is 18.4 Å². The van der Waals surface area contributed by atoms with Crippen LogP contribution < -0.4 is 5.36 Å². The van der Waals surface area contributed by atoms with Crippen molar-refractivity contribution in [2.45, 2.75) is 4.90 Å². The van der Waals surface area contributed by atoms with Crippen LogP contribution in [0.4, 0.5) is 0 Å². The van der Waals surface area contributed by atoms with Crippen molar-refractivity contribution in [1.29, 1.82) is 5.41 Å². The Kier molecular flexibility index (Phi) is 2.51. The van der Waals surface area contributed by atoms with Gasteiger partial charge in [0.15, 0.2) is 0 Å². The Morgan fingerprint density at radius 2 is 1.90 bits per heavy atom. The predicted molar refractivity (Wildman–Crippen MR) is 44.1 cm³/mol. The molecule has 1 aromatic carbocycles. The lowest BCUT2D eigenvalue weighted by Crippen LogP contribution is -1.95. The summed E-state index contributed by atoms with van der Waals surface area (Å²) < 4.78 is 0. The van der Waals surface area contributed by atoms with Gasteiger partial charge in [0, 0.05) is 4.90 Å². The average molecular weight is 151 g/mol. The van der Waals surface area contributed by atoms with Crippen LogP contribution in [0.3, 0.4) is 0 Å². The molecule has 0 aliphatic rings. The van der Waals surface area contributed by atoms with Crippen LogP contribution in [-0.4, -0.2) is 6.26 Å². The first-order chi connectivity index (χ1) is 4.84. The first-order valence-corrected chi connectivity index (χ1v) is 4.25. The van der Waals surface area contributed by atoms with E-state index in [1.165, 1.54) is 0 Å². The second-order valence-corrected chi connectivity index (χ2v) is 2.74. The first kappa shape index (κ1) is 7.35. The molecule has 0 heterocycles. The third-order valence-electron chi connectivity index (χ3n) is 1.22. The van der Waals surface area contributed by atoms with E-state index in [4.69, 9.17) is 5.41 Å². The summed E-state index contributed by atoms with van der Waals surface area (Å²) in [4.78, 5) is 1.02. The fourth-order valence-corrected chi connectivity index (χ4v) is 1.21. The summed E-state index contributed by atoms with van der Waals surface area (Å²) in [5, 5.41) is 8.06. The number of hydrogen-bond donors (Lipinski definition) is 1. The zero-order chi connectivity index (χ0) is 7.40. The van der Waals surface area contributed by atoms with E-state index in [1.807, 2.05) is 30.5 Å². The van der Waals surface area contributed by atoms with E-state index in [0.717, 1.165) is 4.90 Å². The van der Waals surface area contributed by atoms with Crippen molar-refractivity contribution < 1.29 is 0 Å². The van der Waals surface area contributed by atoms with Crippen molar-refractivity contribution in [3.8, 4) is 0 Å². The van der Waals surface area contributed by atoms with Crippen LogP contribution in [0.2, 0.25) is 0 Å². The molecule has 52 valence electrons. The lowest BCUT2D eigenvalue weighted by atomic mass is 10.5. The summed E-state index contributed by atoms with van der Waals surface area (Å²) in [6, 6.07) is 9.50. The highest BCUT2D eigenvalue weighted by molar-refractivity contribution is 7.98. The maximum atomic E-state index is 7.47. The fourth-order valence-electron chi connectivity index (χ4n) is 0.709. The van der Waals surface area contributed by atoms with E-state index in [2.05, 4.69) is 0 Å². The molecule has 0 saturated heterocycles. The Hall–Kier alpha value is -0.760. The first-order valence-electron chi connectivity index (χ1n) is 3.02. The van der Waals surface area contributed by atoms with Crippen LogP contribution in [0.5, 0.6) is 0 Å². The van der Waals surface area contributed by atoms with E-state index in [1.54, 1.807) is 17.8 Å². The van der Waals surface area contributed by atoms with E-state index in [9.17, 15) is 0 Å². The van der Waals surface area contributed by atoms with Gasteiger partial charge < -0.3 is 0 Å². The smallest absolute Gasteiger partial charge is 0.0675 e. The number of hydrogen-bond acceptors (Lipinski definition) is 2. The van der Waals surface area contributed by atoms with Gasteiger partial charge in [0.25, 0.3) is 0 Å². The Bertz CT molecular complexity index is 270. The van der Waals surface area contributed by atoms with Gasteiger partial charge in [0.1, 0.15) is 0 Å². The molecule has 1 nitrogen and oxygen atoms in total. The normalized spacial score (nSPS) is 9.30. The van der Waals surface area contributed by atoms with Crippen molar-refractivity contribution >= 4 is 11.8 Å². The number of thioether (sulfide) groups is 1. The van der Waals surface area contributed by atoms with E-state index < -0.39 is 0 Å². The van der Waals surface area contributed by atoms with Crippen LogP contribution >= 0.6 is 11.8 Å². The molecule has 1 N–H and O–H groups in total. The van der Waals surface area contributed by atoms with Crippen molar-refractivity contribution in [2.24, 2.45) is 0 Å². The molecule has 0 aliphatic heterocycles. The second kappa shape index (κ2) is 3.42. The Labute approximate surface area is 64.6 Å². The summed E-state index contributed by atoms with van der Waals surface area (Å²) >= 11 is 1.60. The van der Waals surface area contributed by atoms with Gasteiger partial charge in [0.05, 0.1) is 5.36 Å². The van der Waals surface area contributed by atoms with Crippen LogP contribution in [0.15, 0.2) is 35.2 Å². The molecule has 0 atom stereocenters. The van der Waals surface area contributed by atoms with E-state index in [0.29, 0.717) is 5.36 Å². The Morgan fingerprint density at radius 1 is 1.20 bits per heavy atom. The van der Waals surface area contributed by atoms with Crippen LogP contribution in [0.1, 0.15) is 0 Å². The standard InChI is InChI=1S/C8H9NS/c1-10-8-6-4-2-3-5-7(8)9/h2-6,9H,1H3. The van der Waals surface area contributed by atoms with Gasteiger partial charge in [-0.2, -0.15) is 0 Å². The molecule has 0 radical (unpaired) electrons. The molecule has 0 fully saturated rings. The largest absolute Gasteiger partial charge is 0.300 e. The highest BCUT2D eigenvalue weighted by Crippen LogP contribution is 2.05. The maximum Gasteiger partial charge on any atom is 0.0675 e. The molecule has 0 bridgehead atoms. The molecule has 10 heavy (non-hydrogen) atoms. The second-order valence-electron chi connectivity index (χ2n) is 1.89. The molecule has 1 rings (SSSR count). The molecular weight excluding hydrogens is 142 g/mol. The molecule has 0 aliphatic carbocycles. The maximum absolute atomic E-state index is 7.47. The van der Waals surface area contributed by atoms with Gasteiger partial charge in [-0.3, -0.25) is 5.41 Å². The molecule has 0 unspecified atom stereocenters. The summed E-state index contributed by atoms with van der Waals surface area (Å²) in [6.45, 7) is 0. The van der Waals surface area contributed by atoms with Gasteiger partial charge in [-0.25, -0.2) is 0 Å². The molecule has 0 aromatic heterocycles. The highest BCUT2D eigenvalue weighted by Gasteiger charge is 1.86. The van der Waals surface area contributed by atoms with Gasteiger partial charge in [0.2, 0.25) is 0 Å².